The second-order valence-corrected chi connectivity index (χ2v) is 4.37. The van der Waals surface area contributed by atoms with Gasteiger partial charge in [0.05, 0.1) is 6.33 Å². The molecule has 0 aliphatic rings. The van der Waals surface area contributed by atoms with Crippen molar-refractivity contribution in [2.75, 3.05) is 6.54 Å². The van der Waals surface area contributed by atoms with Crippen molar-refractivity contribution in [3.63, 3.8) is 0 Å². The van der Waals surface area contributed by atoms with E-state index >= 15 is 0 Å². The van der Waals surface area contributed by atoms with Crippen LogP contribution in [0.4, 0.5) is 0 Å². The third-order valence-electron chi connectivity index (χ3n) is 2.80. The van der Waals surface area contributed by atoms with Gasteiger partial charge < -0.3 is 9.88 Å². The fourth-order valence-corrected chi connectivity index (χ4v) is 1.82. The molecule has 1 aromatic rings. The Balaban J connectivity index is 2.10. The van der Waals surface area contributed by atoms with Gasteiger partial charge in [0.25, 0.3) is 0 Å². The summed E-state index contributed by atoms with van der Waals surface area (Å²) in [5, 5.41) is 3.60. The van der Waals surface area contributed by atoms with Crippen molar-refractivity contribution in [3.05, 3.63) is 18.7 Å². The molecule has 3 nitrogen and oxygen atoms in total. The van der Waals surface area contributed by atoms with E-state index in [1.165, 1.54) is 12.8 Å². The van der Waals surface area contributed by atoms with Gasteiger partial charge in [-0.3, -0.25) is 0 Å². The predicted molar refractivity (Wildman–Crippen MR) is 63.8 cm³/mol. The zero-order valence-electron chi connectivity index (χ0n) is 10.1. The summed E-state index contributed by atoms with van der Waals surface area (Å²) in [6.07, 6.45) is 8.10. The lowest BCUT2D eigenvalue weighted by Gasteiger charge is -2.20. The van der Waals surface area contributed by atoms with Crippen molar-refractivity contribution < 1.29 is 0 Å². The number of hydrogen-bond donors (Lipinski definition) is 1. The van der Waals surface area contributed by atoms with Gasteiger partial charge in [-0.2, -0.15) is 0 Å². The molecular weight excluding hydrogens is 186 g/mol. The summed E-state index contributed by atoms with van der Waals surface area (Å²) >= 11 is 0. The average molecular weight is 209 g/mol. The van der Waals surface area contributed by atoms with Crippen molar-refractivity contribution in [1.82, 2.24) is 14.9 Å². The van der Waals surface area contributed by atoms with Crippen LogP contribution in [0.2, 0.25) is 0 Å². The van der Waals surface area contributed by atoms with E-state index in [0.29, 0.717) is 6.04 Å². The number of aromatic nitrogens is 2. The molecule has 0 bridgehead atoms. The van der Waals surface area contributed by atoms with Gasteiger partial charge in [0.1, 0.15) is 0 Å². The molecule has 1 heterocycles. The predicted octanol–water partition coefficient (Wildman–Crippen LogP) is 2.30. The van der Waals surface area contributed by atoms with E-state index in [-0.39, 0.29) is 0 Å². The normalized spacial score (nSPS) is 13.3. The molecule has 0 aliphatic carbocycles. The zero-order chi connectivity index (χ0) is 11.1. The highest BCUT2D eigenvalue weighted by atomic mass is 15.0. The Bertz CT molecular complexity index is 241. The lowest BCUT2D eigenvalue weighted by Crippen LogP contribution is -2.34. The Morgan fingerprint density at radius 3 is 2.73 bits per heavy atom. The van der Waals surface area contributed by atoms with Crippen LogP contribution < -0.4 is 5.32 Å². The monoisotopic (exact) mass is 209 g/mol. The summed E-state index contributed by atoms with van der Waals surface area (Å²) in [4.78, 5) is 4.02. The number of hydrogen-bond acceptors (Lipinski definition) is 2. The van der Waals surface area contributed by atoms with E-state index < -0.39 is 0 Å². The molecule has 0 saturated carbocycles. The minimum atomic E-state index is 0.660. The Labute approximate surface area is 92.9 Å². The SMILES string of the molecule is CC[C@H](NCCCn1ccnc1)C(C)C. The molecule has 3 heteroatoms. The number of aryl methyl sites for hydroxylation is 1. The molecular formula is C12H23N3. The summed E-state index contributed by atoms with van der Waals surface area (Å²) in [6, 6.07) is 0.660. The average Bonchev–Trinajstić information content (AvgIpc) is 2.70. The molecule has 1 aromatic heterocycles. The maximum Gasteiger partial charge on any atom is 0.0945 e. The highest BCUT2D eigenvalue weighted by Gasteiger charge is 2.08. The van der Waals surface area contributed by atoms with Gasteiger partial charge in [0, 0.05) is 25.0 Å². The first-order chi connectivity index (χ1) is 7.24. The molecule has 0 aliphatic heterocycles. The molecule has 1 N–H and O–H groups in total. The van der Waals surface area contributed by atoms with Gasteiger partial charge in [-0.1, -0.05) is 20.8 Å². The van der Waals surface area contributed by atoms with Gasteiger partial charge in [0.15, 0.2) is 0 Å². The standard InChI is InChI=1S/C12H23N3/c1-4-12(11(2)3)14-6-5-8-15-9-7-13-10-15/h7,9-12,14H,4-6,8H2,1-3H3/t12-/m0/s1. The number of nitrogens with zero attached hydrogens (tertiary/aromatic N) is 2. The van der Waals surface area contributed by atoms with Crippen LogP contribution >= 0.6 is 0 Å². The van der Waals surface area contributed by atoms with Crippen molar-refractivity contribution in [2.24, 2.45) is 5.92 Å². The molecule has 1 atom stereocenters. The molecule has 0 saturated heterocycles. The van der Waals surface area contributed by atoms with E-state index in [2.05, 4.69) is 35.6 Å². The lowest BCUT2D eigenvalue weighted by atomic mass is 10.0. The Kier molecular flexibility index (Phi) is 5.40. The molecule has 0 amide bonds. The molecule has 1 rings (SSSR count). The number of nitrogens with one attached hydrogen (secondary N) is 1. The minimum absolute atomic E-state index is 0.660. The minimum Gasteiger partial charge on any atom is -0.337 e. The van der Waals surface area contributed by atoms with Gasteiger partial charge >= 0.3 is 0 Å². The van der Waals surface area contributed by atoms with Gasteiger partial charge in [-0.05, 0) is 25.3 Å². The zero-order valence-corrected chi connectivity index (χ0v) is 10.1. The first kappa shape index (κ1) is 12.2. The van der Waals surface area contributed by atoms with Crippen LogP contribution in [0.25, 0.3) is 0 Å². The topological polar surface area (TPSA) is 29.9 Å². The highest BCUT2D eigenvalue weighted by molar-refractivity contribution is 4.74. The van der Waals surface area contributed by atoms with Crippen molar-refractivity contribution >= 4 is 0 Å². The van der Waals surface area contributed by atoms with Crippen molar-refractivity contribution in [3.8, 4) is 0 Å². The first-order valence-corrected chi connectivity index (χ1v) is 5.93. The number of imidazole rings is 1. The third-order valence-corrected chi connectivity index (χ3v) is 2.80. The second-order valence-electron chi connectivity index (χ2n) is 4.37. The van der Waals surface area contributed by atoms with E-state index in [1.807, 2.05) is 18.7 Å². The van der Waals surface area contributed by atoms with E-state index in [0.717, 1.165) is 19.0 Å². The molecule has 15 heavy (non-hydrogen) atoms. The Hall–Kier alpha value is -0.830. The van der Waals surface area contributed by atoms with Crippen LogP contribution in [0.1, 0.15) is 33.6 Å². The van der Waals surface area contributed by atoms with Crippen molar-refractivity contribution in [2.45, 2.75) is 46.2 Å². The van der Waals surface area contributed by atoms with Crippen LogP contribution in [-0.4, -0.2) is 22.1 Å². The molecule has 0 fully saturated rings. The van der Waals surface area contributed by atoms with Crippen LogP contribution in [-0.2, 0) is 6.54 Å². The number of rotatable bonds is 7. The third kappa shape index (κ3) is 4.47. The molecule has 86 valence electrons. The first-order valence-electron chi connectivity index (χ1n) is 5.93. The van der Waals surface area contributed by atoms with Crippen LogP contribution in [0, 0.1) is 5.92 Å². The van der Waals surface area contributed by atoms with E-state index in [1.54, 1.807) is 0 Å². The van der Waals surface area contributed by atoms with Gasteiger partial charge in [0.2, 0.25) is 0 Å². The van der Waals surface area contributed by atoms with E-state index in [9.17, 15) is 0 Å². The lowest BCUT2D eigenvalue weighted by molar-refractivity contribution is 0.382. The Morgan fingerprint density at radius 1 is 1.40 bits per heavy atom. The Morgan fingerprint density at radius 2 is 2.20 bits per heavy atom. The molecule has 0 spiro atoms. The van der Waals surface area contributed by atoms with Crippen LogP contribution in [0.3, 0.4) is 0 Å². The fourth-order valence-electron chi connectivity index (χ4n) is 1.82. The molecule has 0 radical (unpaired) electrons. The van der Waals surface area contributed by atoms with Crippen LogP contribution in [0.15, 0.2) is 18.7 Å². The van der Waals surface area contributed by atoms with Gasteiger partial charge in [-0.25, -0.2) is 4.98 Å². The summed E-state index contributed by atoms with van der Waals surface area (Å²) < 4.78 is 2.12. The summed E-state index contributed by atoms with van der Waals surface area (Å²) in [5.74, 6) is 0.725. The fraction of sp³-hybridized carbons (Fsp3) is 0.750. The maximum atomic E-state index is 4.02. The quantitative estimate of drug-likeness (QED) is 0.698. The second kappa shape index (κ2) is 6.62. The molecule has 0 aromatic carbocycles. The van der Waals surface area contributed by atoms with Crippen molar-refractivity contribution in [1.29, 1.82) is 0 Å². The maximum absolute atomic E-state index is 4.02. The van der Waals surface area contributed by atoms with Crippen LogP contribution in [0.5, 0.6) is 0 Å². The highest BCUT2D eigenvalue weighted by Crippen LogP contribution is 2.05. The molecule has 0 unspecified atom stereocenters. The van der Waals surface area contributed by atoms with Gasteiger partial charge in [-0.15, -0.1) is 0 Å². The largest absolute Gasteiger partial charge is 0.337 e. The van der Waals surface area contributed by atoms with E-state index in [4.69, 9.17) is 0 Å². The summed E-state index contributed by atoms with van der Waals surface area (Å²) in [7, 11) is 0. The smallest absolute Gasteiger partial charge is 0.0945 e. The summed E-state index contributed by atoms with van der Waals surface area (Å²) in [5.41, 5.74) is 0. The summed E-state index contributed by atoms with van der Waals surface area (Å²) in [6.45, 7) is 8.94.